The first-order valence-electron chi connectivity index (χ1n) is 7.25. The molecule has 0 atom stereocenters. The normalized spacial score (nSPS) is 10.8. The van der Waals surface area contributed by atoms with Crippen molar-refractivity contribution in [1.29, 1.82) is 0 Å². The zero-order chi connectivity index (χ0) is 18.4. The average molecular weight is 535 g/mol. The molecular formula is C17H15Br3N2O3. The van der Waals surface area contributed by atoms with Crippen molar-refractivity contribution >= 4 is 59.9 Å². The first kappa shape index (κ1) is 19.9. The summed E-state index contributed by atoms with van der Waals surface area (Å²) in [6, 6.07) is 8.91. The van der Waals surface area contributed by atoms with Gasteiger partial charge in [0.15, 0.2) is 0 Å². The number of carbonyl (C=O) groups excluding carboxylic acids is 1. The molecule has 0 saturated carbocycles. The van der Waals surface area contributed by atoms with Crippen LogP contribution < -0.4 is 14.9 Å². The molecule has 0 radical (unpaired) electrons. The van der Waals surface area contributed by atoms with Gasteiger partial charge in [-0.15, -0.1) is 0 Å². The molecule has 25 heavy (non-hydrogen) atoms. The molecule has 0 bridgehead atoms. The van der Waals surface area contributed by atoms with Crippen LogP contribution in [0.3, 0.4) is 0 Å². The molecule has 5 nitrogen and oxygen atoms in total. The number of carbonyl (C=O) groups is 1. The molecule has 2 aromatic carbocycles. The molecule has 2 aromatic rings. The SMILES string of the molecule is CCOc1c(Br)cc(Br)cc1/C=N\NC(=O)c1cc(Br)ccc1OC. The van der Waals surface area contributed by atoms with E-state index in [1.165, 1.54) is 13.3 Å². The minimum absolute atomic E-state index is 0.374. The first-order chi connectivity index (χ1) is 12.0. The summed E-state index contributed by atoms with van der Waals surface area (Å²) >= 11 is 10.2. The summed E-state index contributed by atoms with van der Waals surface area (Å²) in [5.74, 6) is 0.751. The molecule has 0 saturated heterocycles. The summed E-state index contributed by atoms with van der Waals surface area (Å²) in [7, 11) is 1.51. The second kappa shape index (κ2) is 9.35. The van der Waals surface area contributed by atoms with Crippen LogP contribution in [0.2, 0.25) is 0 Å². The van der Waals surface area contributed by atoms with Crippen molar-refractivity contribution in [3.8, 4) is 11.5 Å². The first-order valence-corrected chi connectivity index (χ1v) is 9.63. The summed E-state index contributed by atoms with van der Waals surface area (Å²) in [6.45, 7) is 2.42. The fourth-order valence-electron chi connectivity index (χ4n) is 2.05. The van der Waals surface area contributed by atoms with Crippen LogP contribution in [-0.4, -0.2) is 25.8 Å². The van der Waals surface area contributed by atoms with E-state index in [0.29, 0.717) is 23.7 Å². The molecular weight excluding hydrogens is 520 g/mol. The Labute approximate surface area is 171 Å². The predicted octanol–water partition coefficient (Wildman–Crippen LogP) is 5.15. The van der Waals surface area contributed by atoms with Gasteiger partial charge in [0, 0.05) is 14.5 Å². The molecule has 0 unspecified atom stereocenters. The number of benzene rings is 2. The third-order valence-corrected chi connectivity index (χ3v) is 4.64. The number of ether oxygens (including phenoxy) is 2. The number of hydrogen-bond acceptors (Lipinski definition) is 4. The summed E-state index contributed by atoms with van der Waals surface area (Å²) in [5.41, 5.74) is 3.61. The maximum Gasteiger partial charge on any atom is 0.275 e. The molecule has 1 N–H and O–H groups in total. The second-order valence-corrected chi connectivity index (χ2v) is 7.47. The van der Waals surface area contributed by atoms with Gasteiger partial charge in [-0.3, -0.25) is 4.79 Å². The highest BCUT2D eigenvalue weighted by Crippen LogP contribution is 2.32. The molecule has 0 fully saturated rings. The van der Waals surface area contributed by atoms with Gasteiger partial charge in [-0.05, 0) is 53.2 Å². The molecule has 8 heteroatoms. The molecule has 0 aromatic heterocycles. The molecule has 0 heterocycles. The van der Waals surface area contributed by atoms with E-state index >= 15 is 0 Å². The Hall–Kier alpha value is -1.38. The van der Waals surface area contributed by atoms with Crippen molar-refractivity contribution in [2.75, 3.05) is 13.7 Å². The molecule has 0 aliphatic rings. The minimum atomic E-state index is -0.374. The van der Waals surface area contributed by atoms with Crippen molar-refractivity contribution < 1.29 is 14.3 Å². The van der Waals surface area contributed by atoms with E-state index in [1.807, 2.05) is 19.1 Å². The van der Waals surface area contributed by atoms with Gasteiger partial charge >= 0.3 is 0 Å². The van der Waals surface area contributed by atoms with Gasteiger partial charge in [0.2, 0.25) is 0 Å². The van der Waals surface area contributed by atoms with Gasteiger partial charge < -0.3 is 9.47 Å². The topological polar surface area (TPSA) is 59.9 Å². The molecule has 132 valence electrons. The van der Waals surface area contributed by atoms with Crippen LogP contribution in [0.15, 0.2) is 48.9 Å². The highest BCUT2D eigenvalue weighted by atomic mass is 79.9. The maximum absolute atomic E-state index is 12.3. The Morgan fingerprint density at radius 2 is 1.96 bits per heavy atom. The van der Waals surface area contributed by atoms with Crippen LogP contribution >= 0.6 is 47.8 Å². The van der Waals surface area contributed by atoms with E-state index in [-0.39, 0.29) is 5.91 Å². The molecule has 1 amide bonds. The fourth-order valence-corrected chi connectivity index (χ4v) is 3.78. The number of hydrogen-bond donors (Lipinski definition) is 1. The van der Waals surface area contributed by atoms with Gasteiger partial charge in [0.1, 0.15) is 11.5 Å². The number of methoxy groups -OCH3 is 1. The number of hydrazone groups is 1. The standard InChI is InChI=1S/C17H15Br3N2O3/c1-3-25-16-10(6-12(19)8-14(16)20)9-21-22-17(23)13-7-11(18)4-5-15(13)24-2/h4-9H,3H2,1-2H3,(H,22,23)/b21-9-. The smallest absolute Gasteiger partial charge is 0.275 e. The van der Waals surface area contributed by atoms with E-state index < -0.39 is 0 Å². The Kier molecular flexibility index (Phi) is 7.46. The zero-order valence-electron chi connectivity index (χ0n) is 13.5. The van der Waals surface area contributed by atoms with Gasteiger partial charge in [0.05, 0.1) is 30.0 Å². The Morgan fingerprint density at radius 1 is 1.20 bits per heavy atom. The molecule has 2 rings (SSSR count). The van der Waals surface area contributed by atoms with E-state index in [0.717, 1.165) is 19.0 Å². The van der Waals surface area contributed by atoms with E-state index in [2.05, 4.69) is 58.3 Å². The maximum atomic E-state index is 12.3. The van der Waals surface area contributed by atoms with Crippen LogP contribution in [0.1, 0.15) is 22.8 Å². The quantitative estimate of drug-likeness (QED) is 0.412. The Morgan fingerprint density at radius 3 is 2.64 bits per heavy atom. The van der Waals surface area contributed by atoms with Crippen LogP contribution in [0.4, 0.5) is 0 Å². The van der Waals surface area contributed by atoms with Gasteiger partial charge in [-0.1, -0.05) is 31.9 Å². The lowest BCUT2D eigenvalue weighted by molar-refractivity contribution is 0.0952. The van der Waals surface area contributed by atoms with E-state index in [1.54, 1.807) is 18.2 Å². The monoisotopic (exact) mass is 532 g/mol. The predicted molar refractivity (Wildman–Crippen MR) is 109 cm³/mol. The number of nitrogens with zero attached hydrogens (tertiary/aromatic N) is 1. The van der Waals surface area contributed by atoms with Gasteiger partial charge in [-0.2, -0.15) is 5.10 Å². The number of amides is 1. The highest BCUT2D eigenvalue weighted by Gasteiger charge is 2.13. The molecule has 0 spiro atoms. The summed E-state index contributed by atoms with van der Waals surface area (Å²) in [4.78, 5) is 12.3. The van der Waals surface area contributed by atoms with Crippen molar-refractivity contribution in [3.05, 3.63) is 54.9 Å². The fraction of sp³-hybridized carbons (Fsp3) is 0.176. The van der Waals surface area contributed by atoms with Crippen molar-refractivity contribution in [3.63, 3.8) is 0 Å². The van der Waals surface area contributed by atoms with Crippen molar-refractivity contribution in [2.45, 2.75) is 6.92 Å². The largest absolute Gasteiger partial charge is 0.496 e. The number of rotatable bonds is 6. The highest BCUT2D eigenvalue weighted by molar-refractivity contribution is 9.11. The lowest BCUT2D eigenvalue weighted by Gasteiger charge is -2.10. The van der Waals surface area contributed by atoms with Gasteiger partial charge in [-0.25, -0.2) is 5.43 Å². The third-order valence-electron chi connectivity index (χ3n) is 3.10. The summed E-state index contributed by atoms with van der Waals surface area (Å²) in [6.07, 6.45) is 1.53. The minimum Gasteiger partial charge on any atom is -0.496 e. The Balaban J connectivity index is 2.21. The number of nitrogens with one attached hydrogen (secondary N) is 1. The second-order valence-electron chi connectivity index (χ2n) is 4.78. The lowest BCUT2D eigenvalue weighted by atomic mass is 10.2. The van der Waals surface area contributed by atoms with Crippen LogP contribution in [0.5, 0.6) is 11.5 Å². The van der Waals surface area contributed by atoms with Crippen LogP contribution in [-0.2, 0) is 0 Å². The molecule has 0 aliphatic carbocycles. The van der Waals surface area contributed by atoms with Gasteiger partial charge in [0.25, 0.3) is 5.91 Å². The van der Waals surface area contributed by atoms with Crippen molar-refractivity contribution in [1.82, 2.24) is 5.43 Å². The third kappa shape index (κ3) is 5.29. The molecule has 0 aliphatic heterocycles. The Bertz CT molecular complexity index is 810. The average Bonchev–Trinajstić information content (AvgIpc) is 2.57. The zero-order valence-corrected chi connectivity index (χ0v) is 18.2. The van der Waals surface area contributed by atoms with Crippen molar-refractivity contribution in [2.24, 2.45) is 5.10 Å². The summed E-state index contributed by atoms with van der Waals surface area (Å²) < 4.78 is 13.3. The van der Waals surface area contributed by atoms with Crippen LogP contribution in [0.25, 0.3) is 0 Å². The number of halogens is 3. The van der Waals surface area contributed by atoms with E-state index in [9.17, 15) is 4.79 Å². The lowest BCUT2D eigenvalue weighted by Crippen LogP contribution is -2.18. The summed E-state index contributed by atoms with van der Waals surface area (Å²) in [5, 5.41) is 4.03. The van der Waals surface area contributed by atoms with E-state index in [4.69, 9.17) is 9.47 Å². The van der Waals surface area contributed by atoms with Crippen LogP contribution in [0, 0.1) is 0 Å².